The fourth-order valence-electron chi connectivity index (χ4n) is 3.66. The molecule has 35 heavy (non-hydrogen) atoms. The van der Waals surface area contributed by atoms with Gasteiger partial charge in [-0.05, 0) is 37.1 Å². The first kappa shape index (κ1) is 23.8. The van der Waals surface area contributed by atoms with Crippen molar-refractivity contribution in [2.24, 2.45) is 4.99 Å². The molecule has 0 bridgehead atoms. The van der Waals surface area contributed by atoms with E-state index in [1.165, 1.54) is 30.6 Å². The molecule has 1 fully saturated rings. The summed E-state index contributed by atoms with van der Waals surface area (Å²) in [6, 6.07) is 5.60. The van der Waals surface area contributed by atoms with Crippen LogP contribution in [-0.2, 0) is 9.53 Å². The van der Waals surface area contributed by atoms with Gasteiger partial charge < -0.3 is 31.4 Å². The van der Waals surface area contributed by atoms with Crippen LogP contribution in [0.2, 0.25) is 0 Å². The molecule has 5 N–H and O–H groups in total. The lowest BCUT2D eigenvalue weighted by Crippen LogP contribution is -2.51. The van der Waals surface area contributed by atoms with E-state index in [1.807, 2.05) is 0 Å². The molecule has 2 aromatic rings. The minimum atomic E-state index is -0.641. The van der Waals surface area contributed by atoms with Gasteiger partial charge in [-0.2, -0.15) is 0 Å². The molecular formula is C23H25FN8O3. The normalized spacial score (nSPS) is 20.4. The van der Waals surface area contributed by atoms with Gasteiger partial charge in [-0.3, -0.25) is 14.2 Å². The Labute approximate surface area is 200 Å². The number of hydrogen-bond donors (Lipinski definition) is 5. The zero-order chi connectivity index (χ0) is 24.9. The fourth-order valence-corrected chi connectivity index (χ4v) is 3.66. The van der Waals surface area contributed by atoms with Crippen molar-refractivity contribution in [3.63, 3.8) is 0 Å². The van der Waals surface area contributed by atoms with Gasteiger partial charge in [0, 0.05) is 38.8 Å². The van der Waals surface area contributed by atoms with Crippen LogP contribution < -0.4 is 26.8 Å². The first-order chi connectivity index (χ1) is 16.9. The molecule has 1 saturated carbocycles. The Kier molecular flexibility index (Phi) is 7.01. The summed E-state index contributed by atoms with van der Waals surface area (Å²) in [6.45, 7) is 0. The van der Waals surface area contributed by atoms with Crippen molar-refractivity contribution in [1.82, 2.24) is 25.5 Å². The highest BCUT2D eigenvalue weighted by Gasteiger charge is 2.33. The molecule has 11 nitrogen and oxygen atoms in total. The highest BCUT2D eigenvalue weighted by atomic mass is 19.1. The van der Waals surface area contributed by atoms with Crippen LogP contribution in [0, 0.1) is 11.2 Å². The van der Waals surface area contributed by atoms with E-state index in [0.717, 1.165) is 23.6 Å². The van der Waals surface area contributed by atoms with E-state index < -0.39 is 17.3 Å². The third kappa shape index (κ3) is 4.96. The number of ether oxygens (including phenoxy) is 1. The van der Waals surface area contributed by atoms with Crippen LogP contribution >= 0.6 is 0 Å². The van der Waals surface area contributed by atoms with Gasteiger partial charge in [0.05, 0.1) is 17.7 Å². The van der Waals surface area contributed by atoms with Gasteiger partial charge in [0.25, 0.3) is 11.5 Å². The molecule has 2 aliphatic rings. The topological polar surface area (TPSA) is 146 Å². The third-order valence-corrected chi connectivity index (χ3v) is 5.69. The Morgan fingerprint density at radius 2 is 2.17 bits per heavy atom. The standard InChI is InChI=1S/C23H25FN8O3/c1-26-18-11-19(28-16-6-4-10-32(23(16)34)21-14(24)5-3-9-27-21)31-20(30-18)13(12-25)22(33)29-15-7-8-17(15)35-2/h3-6,9-12,15,17,25-26,30H,7-8H2,1-2H3,(H,28,31)(H,29,33)/b20-13-,25-12?/t15-,17-/m0/s1. The van der Waals surface area contributed by atoms with Gasteiger partial charge in [-0.25, -0.2) is 14.4 Å². The van der Waals surface area contributed by atoms with Crippen molar-refractivity contribution < 1.29 is 13.9 Å². The largest absolute Gasteiger partial charge is 0.379 e. The van der Waals surface area contributed by atoms with Crippen LogP contribution in [0.3, 0.4) is 0 Å². The Balaban J connectivity index is 1.65. The van der Waals surface area contributed by atoms with Crippen LogP contribution in [0.4, 0.5) is 10.1 Å². The summed E-state index contributed by atoms with van der Waals surface area (Å²) in [5.41, 5.74) is -0.424. The maximum absolute atomic E-state index is 14.2. The molecule has 0 saturated heterocycles. The van der Waals surface area contributed by atoms with Crippen molar-refractivity contribution in [3.05, 3.63) is 76.1 Å². The summed E-state index contributed by atoms with van der Waals surface area (Å²) >= 11 is 0. The quantitative estimate of drug-likeness (QED) is 0.294. The predicted molar refractivity (Wildman–Crippen MR) is 129 cm³/mol. The molecule has 0 aromatic carbocycles. The van der Waals surface area contributed by atoms with Gasteiger partial charge in [0.15, 0.2) is 11.6 Å². The number of rotatable bonds is 7. The zero-order valence-electron chi connectivity index (χ0n) is 19.1. The number of pyridine rings is 2. The van der Waals surface area contributed by atoms with Gasteiger partial charge in [0.1, 0.15) is 23.2 Å². The molecule has 12 heteroatoms. The number of nitrogens with one attached hydrogen (secondary N) is 5. The molecule has 4 rings (SSSR count). The van der Waals surface area contributed by atoms with Crippen molar-refractivity contribution in [2.45, 2.75) is 25.0 Å². The summed E-state index contributed by atoms with van der Waals surface area (Å²) in [5.74, 6) is -0.416. The maximum Gasteiger partial charge on any atom is 0.280 e. The van der Waals surface area contributed by atoms with Gasteiger partial charge in [-0.1, -0.05) is 0 Å². The van der Waals surface area contributed by atoms with E-state index in [9.17, 15) is 14.0 Å². The maximum atomic E-state index is 14.2. The summed E-state index contributed by atoms with van der Waals surface area (Å²) < 4.78 is 20.6. The summed E-state index contributed by atoms with van der Waals surface area (Å²) in [5, 5.41) is 19.5. The highest BCUT2D eigenvalue weighted by molar-refractivity contribution is 6.13. The molecule has 0 spiro atoms. The molecule has 1 aliphatic carbocycles. The molecule has 2 atom stereocenters. The lowest BCUT2D eigenvalue weighted by molar-refractivity contribution is -0.120. The number of carbonyl (C=O) groups is 1. The Morgan fingerprint density at radius 1 is 1.34 bits per heavy atom. The Hall–Kier alpha value is -4.32. The molecular weight excluding hydrogens is 455 g/mol. The zero-order valence-corrected chi connectivity index (χ0v) is 19.1. The van der Waals surface area contributed by atoms with Gasteiger partial charge in [0.2, 0.25) is 0 Å². The van der Waals surface area contributed by atoms with Crippen LogP contribution in [0.1, 0.15) is 12.8 Å². The second kappa shape index (κ2) is 10.3. The SMILES string of the molecule is CNC1=CC(Nc2cccn(-c3ncccc3F)c2=O)=N/C(=C(/C=N)C(=O)N[C@H]2CC[C@@H]2OC)N1. The molecule has 1 aliphatic heterocycles. The number of methoxy groups -OCH3 is 1. The van der Waals surface area contributed by atoms with E-state index >= 15 is 0 Å². The second-order valence-electron chi connectivity index (χ2n) is 7.80. The monoisotopic (exact) mass is 480 g/mol. The number of carbonyl (C=O) groups excluding carboxylic acids is 1. The average Bonchev–Trinajstić information content (AvgIpc) is 2.84. The Bertz CT molecular complexity index is 1300. The van der Waals surface area contributed by atoms with Crippen molar-refractivity contribution in [2.75, 3.05) is 19.5 Å². The summed E-state index contributed by atoms with van der Waals surface area (Å²) in [4.78, 5) is 34.2. The molecule has 2 aromatic heterocycles. The number of aromatic nitrogens is 2. The van der Waals surface area contributed by atoms with Crippen LogP contribution in [0.25, 0.3) is 5.82 Å². The second-order valence-corrected chi connectivity index (χ2v) is 7.80. The van der Waals surface area contributed by atoms with E-state index in [2.05, 4.69) is 31.2 Å². The number of amides is 1. The number of nitrogens with zero attached hydrogens (tertiary/aromatic N) is 3. The van der Waals surface area contributed by atoms with Crippen LogP contribution in [0.5, 0.6) is 0 Å². The number of hydrogen-bond acceptors (Lipinski definition) is 9. The lowest BCUT2D eigenvalue weighted by Gasteiger charge is -2.35. The Morgan fingerprint density at radius 3 is 2.83 bits per heavy atom. The summed E-state index contributed by atoms with van der Waals surface area (Å²) in [7, 11) is 3.26. The average molecular weight is 481 g/mol. The van der Waals surface area contributed by atoms with E-state index in [-0.39, 0.29) is 40.9 Å². The number of aliphatic imine (C=N–C) groups is 1. The first-order valence-electron chi connectivity index (χ1n) is 10.9. The first-order valence-corrected chi connectivity index (χ1v) is 10.9. The highest BCUT2D eigenvalue weighted by Crippen LogP contribution is 2.23. The van der Waals surface area contributed by atoms with Crippen LogP contribution in [0.15, 0.2) is 69.7 Å². The van der Waals surface area contributed by atoms with Crippen molar-refractivity contribution >= 4 is 23.6 Å². The number of amidine groups is 1. The number of halogens is 1. The predicted octanol–water partition coefficient (Wildman–Crippen LogP) is 1.00. The van der Waals surface area contributed by atoms with Crippen molar-refractivity contribution in [3.8, 4) is 5.82 Å². The van der Waals surface area contributed by atoms with Gasteiger partial charge >= 0.3 is 0 Å². The van der Waals surface area contributed by atoms with Gasteiger partial charge in [-0.15, -0.1) is 0 Å². The van der Waals surface area contributed by atoms with Crippen molar-refractivity contribution in [1.29, 1.82) is 5.41 Å². The fraction of sp³-hybridized carbons (Fsp3) is 0.261. The molecule has 0 unspecified atom stereocenters. The molecule has 1 amide bonds. The number of anilines is 1. The van der Waals surface area contributed by atoms with Crippen LogP contribution in [-0.4, -0.2) is 53.8 Å². The molecule has 182 valence electrons. The molecule has 0 radical (unpaired) electrons. The van der Waals surface area contributed by atoms with E-state index in [0.29, 0.717) is 5.82 Å². The van der Waals surface area contributed by atoms with E-state index in [1.54, 1.807) is 26.3 Å². The summed E-state index contributed by atoms with van der Waals surface area (Å²) in [6.07, 6.45) is 6.88. The van der Waals surface area contributed by atoms with E-state index in [4.69, 9.17) is 10.1 Å². The molecule has 3 heterocycles. The smallest absolute Gasteiger partial charge is 0.280 e. The lowest BCUT2D eigenvalue weighted by atomic mass is 9.89. The third-order valence-electron chi connectivity index (χ3n) is 5.69. The minimum absolute atomic E-state index is 0.00734. The minimum Gasteiger partial charge on any atom is -0.379 e.